The number of nitrogens with zero attached hydrogens (tertiary/aromatic N) is 1. The first-order chi connectivity index (χ1) is 53.1. The molecule has 1 aromatic heterocycles. The third-order valence-corrected chi connectivity index (χ3v) is 19.0. The van der Waals surface area contributed by atoms with E-state index >= 15 is 0 Å². The van der Waals surface area contributed by atoms with Crippen molar-refractivity contribution >= 4 is 106 Å². The molecule has 111 heavy (non-hydrogen) atoms. The van der Waals surface area contributed by atoms with Crippen LogP contribution in [-0.2, 0) is 73.5 Å². The van der Waals surface area contributed by atoms with Crippen LogP contribution < -0.4 is 86.3 Å². The Morgan fingerprint density at radius 1 is 0.640 bits per heavy atom. The zero-order valence-corrected chi connectivity index (χ0v) is 62.1. The average Bonchev–Trinajstić information content (AvgIpc) is 1.62. The van der Waals surface area contributed by atoms with Crippen LogP contribution in [0.3, 0.4) is 0 Å². The number of aliphatic hydroxyl groups excluding tert-OH is 1. The van der Waals surface area contributed by atoms with E-state index in [0.717, 1.165) is 32.5 Å². The van der Waals surface area contributed by atoms with Gasteiger partial charge in [0.1, 0.15) is 79.6 Å². The number of benzene rings is 3. The number of carbonyl (C=O) groups is 14. The minimum absolute atomic E-state index is 0.0140. The number of aromatic amines is 1. The lowest BCUT2D eigenvalue weighted by Crippen LogP contribution is -2.61. The van der Waals surface area contributed by atoms with E-state index in [1.54, 1.807) is 50.3 Å². The normalized spacial score (nSPS) is 22.6. The summed E-state index contributed by atoms with van der Waals surface area (Å²) in [7, 11) is 0. The van der Waals surface area contributed by atoms with Crippen molar-refractivity contribution in [3.63, 3.8) is 0 Å². The van der Waals surface area contributed by atoms with E-state index in [2.05, 4.69) is 74.1 Å². The number of nitrogens with one attached hydrogen (secondary N) is 16. The second kappa shape index (κ2) is 42.5. The highest BCUT2D eigenvalue weighted by molar-refractivity contribution is 6.00. The molecule has 11 atom stereocenters. The van der Waals surface area contributed by atoms with Crippen molar-refractivity contribution in [2.45, 2.75) is 189 Å². The monoisotopic (exact) mass is 1540 g/mol. The third kappa shape index (κ3) is 25.7. The molecule has 0 spiro atoms. The summed E-state index contributed by atoms with van der Waals surface area (Å²) in [5.41, 5.74) is 22.0. The minimum atomic E-state index is -1.99. The number of allylic oxidation sites excluding steroid dienone is 1. The number of carboxylic acid groups (broad SMARTS) is 1. The number of guanidine groups is 2. The zero-order valence-electron chi connectivity index (χ0n) is 62.1. The standard InChI is InChI=1S/C74H102N20O17/c1-4-6-24-51(85-59(96)37-82-74(110)111-39-47-45-22-10-8-20-43(45)44-21-9-11-23-46(44)47)64(102)88-52-27-14-13-26-49(61(75)99)86-65(103)53(28-15-31-80-72(76)77)89-68(106)55(35-42-34-41-19-7-12-25-48(41)84-42)91-62(100)40(3)83-63(101)50(18-5-2)87-66(104)54(29-16-32-81-73(78)79)90-70(108)58-30-17-33-94(58)71(109)56(36-60(97)98)92-69(107)57(38-95)93-67(52)105/h4,6-12,19-23,25,34,40,47,49-58,84,95H,5,13-18,24,26-33,35-39H2,1-3H3,(H2,75,99)(H,82,110)(H,83,101)(H,85,96)(H,86,103)(H,87,104)(H,88,102)(H,89,106)(H,90,108)(H,91,100)(H,92,107)(H,93,105)(H,97,98)(H4,76,77,80)(H4,78,79,81)/t40-,49-,50-,51-,52-,53-,54-,55-,56-,57-,58?/m0/s1. The number of hydrogen-bond donors (Lipinski definition) is 21. The second-order valence-electron chi connectivity index (χ2n) is 27.3. The molecule has 2 aliphatic heterocycles. The molecule has 3 aromatic carbocycles. The van der Waals surface area contributed by atoms with E-state index < -0.39 is 181 Å². The fourth-order valence-electron chi connectivity index (χ4n) is 13.3. The summed E-state index contributed by atoms with van der Waals surface area (Å²) in [6, 6.07) is 6.98. The van der Waals surface area contributed by atoms with Crippen molar-refractivity contribution in [2.75, 3.05) is 39.4 Å². The van der Waals surface area contributed by atoms with Crippen molar-refractivity contribution in [3.05, 3.63) is 108 Å². The number of amides is 13. The molecule has 0 saturated carbocycles. The SMILES string of the molecule is CC=CC[C@H](NC(=O)CNC(=O)OCC1c2ccccc2-c2ccccc21)C(=O)N[C@H]1CCCC[C@@H](C(N)=O)NC(=O)[C@H](CCCNC(=N)N)NC(=O)[C@H](Cc2cc3ccccc3[nH]2)NC(=O)[C@H](C)NC(=O)[C@H](CCC)NC(=O)[C@H](CCCNC(=N)N)NC(=O)C2CCCN2C(=O)[C@H](CC(=O)O)NC(=O)[C@H](CO)NC1=O. The Hall–Kier alpha value is -12.2. The van der Waals surface area contributed by atoms with Gasteiger partial charge in [0.15, 0.2) is 11.9 Å². The van der Waals surface area contributed by atoms with Gasteiger partial charge in [-0.15, -0.1) is 0 Å². The number of aliphatic hydroxyl groups is 1. The van der Waals surface area contributed by atoms with Gasteiger partial charge in [0, 0.05) is 43.2 Å². The van der Waals surface area contributed by atoms with Gasteiger partial charge in [-0.25, -0.2) is 4.79 Å². The summed E-state index contributed by atoms with van der Waals surface area (Å²) < 4.78 is 5.59. The molecular formula is C74H102N20O17. The van der Waals surface area contributed by atoms with E-state index in [-0.39, 0.29) is 116 Å². The summed E-state index contributed by atoms with van der Waals surface area (Å²) in [5.74, 6) is -14.6. The number of H-pyrrole nitrogens is 1. The van der Waals surface area contributed by atoms with Crippen LogP contribution in [0.5, 0.6) is 0 Å². The Balaban J connectivity index is 1.19. The number of alkyl carbamates (subject to hydrolysis) is 1. The first-order valence-electron chi connectivity index (χ1n) is 37.0. The molecule has 37 nitrogen and oxygen atoms in total. The molecule has 600 valence electrons. The van der Waals surface area contributed by atoms with Crippen molar-refractivity contribution < 1.29 is 82.1 Å². The highest BCUT2D eigenvalue weighted by atomic mass is 16.5. The van der Waals surface area contributed by atoms with E-state index in [4.69, 9.17) is 32.8 Å². The van der Waals surface area contributed by atoms with Crippen LogP contribution in [0.25, 0.3) is 22.0 Å². The number of hydrogen-bond acceptors (Lipinski definition) is 18. The molecule has 24 N–H and O–H groups in total. The smallest absolute Gasteiger partial charge is 0.407 e. The number of ether oxygens (including phenoxy) is 1. The lowest BCUT2D eigenvalue weighted by Gasteiger charge is -2.30. The summed E-state index contributed by atoms with van der Waals surface area (Å²) in [4.78, 5) is 202. The molecular weight excluding hydrogens is 1440 g/mol. The van der Waals surface area contributed by atoms with Crippen LogP contribution in [0.4, 0.5) is 4.79 Å². The van der Waals surface area contributed by atoms with Crippen LogP contribution >= 0.6 is 0 Å². The summed E-state index contributed by atoms with van der Waals surface area (Å²) >= 11 is 0. The van der Waals surface area contributed by atoms with Crippen LogP contribution in [0.2, 0.25) is 0 Å². The summed E-state index contributed by atoms with van der Waals surface area (Å²) in [5, 5.41) is 70.1. The van der Waals surface area contributed by atoms with Gasteiger partial charge in [0.25, 0.3) is 0 Å². The van der Waals surface area contributed by atoms with E-state index in [0.29, 0.717) is 17.6 Å². The van der Waals surface area contributed by atoms with Gasteiger partial charge in [-0.1, -0.05) is 105 Å². The number of rotatable bonds is 25. The molecule has 2 fully saturated rings. The van der Waals surface area contributed by atoms with Crippen LogP contribution in [0.15, 0.2) is 91.0 Å². The lowest BCUT2D eigenvalue weighted by atomic mass is 9.98. The van der Waals surface area contributed by atoms with Gasteiger partial charge in [-0.2, -0.15) is 0 Å². The van der Waals surface area contributed by atoms with Gasteiger partial charge < -0.3 is 111 Å². The lowest BCUT2D eigenvalue weighted by molar-refractivity contribution is -0.146. The molecule has 13 amide bonds. The Morgan fingerprint density at radius 2 is 1.19 bits per heavy atom. The Morgan fingerprint density at radius 3 is 1.79 bits per heavy atom. The van der Waals surface area contributed by atoms with Crippen LogP contribution in [-0.4, -0.2) is 221 Å². The number of carboxylic acids is 1. The largest absolute Gasteiger partial charge is 0.481 e. The molecule has 3 aliphatic rings. The fraction of sp³-hybridized carbons (Fsp3) is 0.486. The number of fused-ring (bicyclic) bond motifs is 5. The van der Waals surface area contributed by atoms with Gasteiger partial charge >= 0.3 is 12.1 Å². The number of carbonyl (C=O) groups excluding carboxylic acids is 13. The van der Waals surface area contributed by atoms with E-state index in [9.17, 15) is 77.3 Å². The number of aromatic nitrogens is 1. The topological polar surface area (TPSA) is 590 Å². The maximum Gasteiger partial charge on any atom is 0.407 e. The quantitative estimate of drug-likeness (QED) is 0.0147. The molecule has 0 radical (unpaired) electrons. The highest BCUT2D eigenvalue weighted by Gasteiger charge is 2.42. The van der Waals surface area contributed by atoms with Gasteiger partial charge in [0.05, 0.1) is 13.0 Å². The van der Waals surface area contributed by atoms with Gasteiger partial charge in [0.2, 0.25) is 70.9 Å². The number of nitrogens with two attached hydrogens (primary N) is 3. The van der Waals surface area contributed by atoms with E-state index in [1.807, 2.05) is 48.5 Å². The Bertz CT molecular complexity index is 4000. The van der Waals surface area contributed by atoms with Crippen molar-refractivity contribution in [2.24, 2.45) is 17.2 Å². The molecule has 4 aromatic rings. The molecule has 3 heterocycles. The molecule has 2 saturated heterocycles. The Kier molecular flexibility index (Phi) is 33.0. The first kappa shape index (κ1) is 86.1. The molecule has 37 heteroatoms. The molecule has 1 unspecified atom stereocenters. The molecule has 7 rings (SSSR count). The fourth-order valence-corrected chi connectivity index (χ4v) is 13.3. The minimum Gasteiger partial charge on any atom is -0.481 e. The maximum atomic E-state index is 14.8. The zero-order chi connectivity index (χ0) is 80.8. The maximum absolute atomic E-state index is 14.8. The predicted molar refractivity (Wildman–Crippen MR) is 404 cm³/mol. The molecule has 0 bridgehead atoms. The summed E-state index contributed by atoms with van der Waals surface area (Å²) in [6.45, 7) is 2.59. The van der Waals surface area contributed by atoms with Gasteiger partial charge in [-0.05, 0) is 118 Å². The summed E-state index contributed by atoms with van der Waals surface area (Å²) in [6.07, 6.45) is 0.112. The van der Waals surface area contributed by atoms with E-state index in [1.165, 1.54) is 13.0 Å². The molecule has 1 aliphatic carbocycles. The Labute approximate surface area is 640 Å². The third-order valence-electron chi connectivity index (χ3n) is 19.0. The van der Waals surface area contributed by atoms with Gasteiger partial charge in [-0.3, -0.25) is 73.1 Å². The van der Waals surface area contributed by atoms with Crippen LogP contribution in [0.1, 0.15) is 133 Å². The van der Waals surface area contributed by atoms with Crippen molar-refractivity contribution in [1.29, 1.82) is 10.8 Å². The predicted octanol–water partition coefficient (Wildman–Crippen LogP) is -2.07. The number of aliphatic carboxylic acids is 1. The number of para-hydroxylation sites is 1. The first-order valence-corrected chi connectivity index (χ1v) is 37.0. The van der Waals surface area contributed by atoms with Crippen LogP contribution in [0, 0.1) is 10.8 Å². The van der Waals surface area contributed by atoms with Crippen molar-refractivity contribution in [1.82, 2.24) is 79.0 Å². The average molecular weight is 1540 g/mol. The van der Waals surface area contributed by atoms with Crippen molar-refractivity contribution in [3.8, 4) is 11.1 Å². The second-order valence-corrected chi connectivity index (χ2v) is 27.3. The highest BCUT2D eigenvalue weighted by Crippen LogP contribution is 2.44. The number of primary amides is 1.